The summed E-state index contributed by atoms with van der Waals surface area (Å²) < 4.78 is 20.1. The Balaban J connectivity index is 1.76. The predicted molar refractivity (Wildman–Crippen MR) is 123 cm³/mol. The number of aromatic hydroxyl groups is 1. The van der Waals surface area contributed by atoms with Crippen LogP contribution in [0.3, 0.4) is 0 Å². The van der Waals surface area contributed by atoms with Crippen LogP contribution in [0, 0.1) is 17.1 Å². The first kappa shape index (κ1) is 22.5. The Morgan fingerprint density at radius 1 is 1.10 bits per heavy atom. The highest BCUT2D eigenvalue weighted by atomic mass is 79.9. The first-order valence-electron chi connectivity index (χ1n) is 8.94. The van der Waals surface area contributed by atoms with E-state index >= 15 is 0 Å². The third kappa shape index (κ3) is 6.17. The third-order valence-corrected chi connectivity index (χ3v) is 5.30. The highest BCUT2D eigenvalue weighted by molar-refractivity contribution is 9.11. The van der Waals surface area contributed by atoms with Crippen molar-refractivity contribution in [3.8, 4) is 17.6 Å². The van der Waals surface area contributed by atoms with Gasteiger partial charge in [0.1, 0.15) is 35.6 Å². The van der Waals surface area contributed by atoms with Gasteiger partial charge in [0.15, 0.2) is 0 Å². The average molecular weight is 546 g/mol. The van der Waals surface area contributed by atoms with Crippen LogP contribution in [0.2, 0.25) is 0 Å². The summed E-state index contributed by atoms with van der Waals surface area (Å²) in [6, 6.07) is 17.3. The molecule has 3 aromatic carbocycles. The molecule has 0 bridgehead atoms. The molecule has 0 aromatic heterocycles. The maximum absolute atomic E-state index is 13.0. The molecule has 0 atom stereocenters. The van der Waals surface area contributed by atoms with E-state index in [9.17, 15) is 19.6 Å². The second kappa shape index (κ2) is 10.2. The van der Waals surface area contributed by atoms with E-state index in [4.69, 9.17) is 4.74 Å². The number of carbonyl (C=O) groups excluding carboxylic acids is 1. The van der Waals surface area contributed by atoms with Crippen LogP contribution < -0.4 is 10.1 Å². The number of anilines is 1. The zero-order chi connectivity index (χ0) is 22.4. The monoisotopic (exact) mass is 544 g/mol. The summed E-state index contributed by atoms with van der Waals surface area (Å²) in [5, 5.41) is 21.3. The number of phenolic OH excluding ortho intramolecular Hbond substituents is 1. The summed E-state index contributed by atoms with van der Waals surface area (Å²) in [5.41, 5.74) is 1.77. The second-order valence-corrected chi connectivity index (χ2v) is 8.11. The van der Waals surface area contributed by atoms with E-state index in [1.807, 2.05) is 6.07 Å². The maximum atomic E-state index is 13.0. The number of benzene rings is 3. The van der Waals surface area contributed by atoms with Gasteiger partial charge >= 0.3 is 0 Å². The zero-order valence-electron chi connectivity index (χ0n) is 15.9. The van der Waals surface area contributed by atoms with Crippen molar-refractivity contribution in [3.05, 3.63) is 92.1 Å². The molecule has 0 fully saturated rings. The Kier molecular flexibility index (Phi) is 7.45. The van der Waals surface area contributed by atoms with Gasteiger partial charge in [-0.05, 0) is 97.6 Å². The number of nitrogens with zero attached hydrogens (tertiary/aromatic N) is 1. The molecular weight excluding hydrogens is 531 g/mol. The highest BCUT2D eigenvalue weighted by Crippen LogP contribution is 2.36. The van der Waals surface area contributed by atoms with Gasteiger partial charge in [0.05, 0.1) is 8.95 Å². The van der Waals surface area contributed by atoms with Gasteiger partial charge in [0.25, 0.3) is 5.91 Å². The van der Waals surface area contributed by atoms with Crippen molar-refractivity contribution < 1.29 is 19.0 Å². The summed E-state index contributed by atoms with van der Waals surface area (Å²) in [7, 11) is 0. The molecule has 0 radical (unpaired) electrons. The number of phenols is 1. The standard InChI is InChI=1S/C23H15Br2FN2O3/c24-20-10-15(9-16(12-27)23(30)28-18-5-7-19(29)8-6-18)11-21(25)22(20)31-13-14-1-3-17(26)4-2-14/h1-11,29H,13H2,(H,28,30)/b16-9+. The van der Waals surface area contributed by atoms with Crippen LogP contribution in [0.4, 0.5) is 10.1 Å². The number of hydrogen-bond donors (Lipinski definition) is 2. The molecule has 0 aliphatic carbocycles. The molecule has 31 heavy (non-hydrogen) atoms. The van der Waals surface area contributed by atoms with Gasteiger partial charge in [0.2, 0.25) is 0 Å². The van der Waals surface area contributed by atoms with E-state index in [1.54, 1.807) is 24.3 Å². The number of rotatable bonds is 6. The second-order valence-electron chi connectivity index (χ2n) is 6.40. The molecule has 5 nitrogen and oxygen atoms in total. The number of hydrogen-bond acceptors (Lipinski definition) is 4. The lowest BCUT2D eigenvalue weighted by molar-refractivity contribution is -0.112. The van der Waals surface area contributed by atoms with Crippen LogP contribution in [0.5, 0.6) is 11.5 Å². The topological polar surface area (TPSA) is 82.3 Å². The van der Waals surface area contributed by atoms with E-state index in [-0.39, 0.29) is 23.7 Å². The minimum absolute atomic E-state index is 0.0745. The van der Waals surface area contributed by atoms with E-state index in [2.05, 4.69) is 37.2 Å². The van der Waals surface area contributed by atoms with E-state index in [1.165, 1.54) is 42.5 Å². The number of amides is 1. The average Bonchev–Trinajstić information content (AvgIpc) is 2.74. The molecule has 3 rings (SSSR count). The summed E-state index contributed by atoms with van der Waals surface area (Å²) >= 11 is 6.88. The normalized spacial score (nSPS) is 11.0. The lowest BCUT2D eigenvalue weighted by Crippen LogP contribution is -2.13. The van der Waals surface area contributed by atoms with Gasteiger partial charge in [-0.1, -0.05) is 12.1 Å². The third-order valence-electron chi connectivity index (χ3n) is 4.12. The Morgan fingerprint density at radius 3 is 2.29 bits per heavy atom. The number of halogens is 3. The molecule has 0 spiro atoms. The van der Waals surface area contributed by atoms with Gasteiger partial charge < -0.3 is 15.2 Å². The van der Waals surface area contributed by atoms with Gasteiger partial charge in [-0.15, -0.1) is 0 Å². The van der Waals surface area contributed by atoms with Crippen LogP contribution in [-0.4, -0.2) is 11.0 Å². The van der Waals surface area contributed by atoms with Crippen molar-refractivity contribution in [1.82, 2.24) is 0 Å². The van der Waals surface area contributed by atoms with Crippen molar-refractivity contribution in [2.75, 3.05) is 5.32 Å². The summed E-state index contributed by atoms with van der Waals surface area (Å²) in [6.07, 6.45) is 1.45. The van der Waals surface area contributed by atoms with Crippen molar-refractivity contribution in [2.45, 2.75) is 6.61 Å². The first-order chi connectivity index (χ1) is 14.9. The largest absolute Gasteiger partial charge is 0.508 e. The number of nitrogens with one attached hydrogen (secondary N) is 1. The number of carbonyl (C=O) groups is 1. The van der Waals surface area contributed by atoms with Crippen LogP contribution in [0.15, 0.2) is 75.2 Å². The van der Waals surface area contributed by atoms with Crippen LogP contribution in [0.25, 0.3) is 6.08 Å². The Hall–Kier alpha value is -3.15. The molecule has 0 saturated carbocycles. The first-order valence-corrected chi connectivity index (χ1v) is 10.5. The lowest BCUT2D eigenvalue weighted by atomic mass is 10.1. The fourth-order valence-corrected chi connectivity index (χ4v) is 4.05. The van der Waals surface area contributed by atoms with Crippen molar-refractivity contribution >= 4 is 49.5 Å². The zero-order valence-corrected chi connectivity index (χ0v) is 19.1. The van der Waals surface area contributed by atoms with Crippen LogP contribution in [-0.2, 0) is 11.4 Å². The molecule has 3 aromatic rings. The summed E-state index contributed by atoms with van der Waals surface area (Å²) in [4.78, 5) is 12.4. The highest BCUT2D eigenvalue weighted by Gasteiger charge is 2.13. The molecule has 1 amide bonds. The van der Waals surface area contributed by atoms with Gasteiger partial charge in [-0.2, -0.15) is 5.26 Å². The molecule has 2 N–H and O–H groups in total. The van der Waals surface area contributed by atoms with Gasteiger partial charge in [0, 0.05) is 5.69 Å². The Morgan fingerprint density at radius 2 is 1.71 bits per heavy atom. The summed E-state index contributed by atoms with van der Waals surface area (Å²) in [5.74, 6) is -0.277. The molecule has 0 unspecified atom stereocenters. The fourth-order valence-electron chi connectivity index (χ4n) is 2.60. The van der Waals surface area contributed by atoms with Gasteiger partial charge in [-0.25, -0.2) is 4.39 Å². The van der Waals surface area contributed by atoms with E-state index in [0.717, 1.165) is 5.56 Å². The Labute approximate surface area is 195 Å². The molecular formula is C23H15Br2FN2O3. The lowest BCUT2D eigenvalue weighted by Gasteiger charge is -2.12. The summed E-state index contributed by atoms with van der Waals surface area (Å²) in [6.45, 7) is 0.241. The van der Waals surface area contributed by atoms with Gasteiger partial charge in [-0.3, -0.25) is 4.79 Å². The number of nitriles is 1. The number of ether oxygens (including phenoxy) is 1. The van der Waals surface area contributed by atoms with E-state index in [0.29, 0.717) is 25.9 Å². The molecule has 156 valence electrons. The smallest absolute Gasteiger partial charge is 0.266 e. The van der Waals surface area contributed by atoms with Crippen molar-refractivity contribution in [3.63, 3.8) is 0 Å². The molecule has 8 heteroatoms. The minimum atomic E-state index is -0.572. The van der Waals surface area contributed by atoms with Crippen molar-refractivity contribution in [1.29, 1.82) is 5.26 Å². The molecule has 0 heterocycles. The molecule has 0 aliphatic rings. The molecule has 0 saturated heterocycles. The predicted octanol–water partition coefficient (Wildman–Crippen LogP) is 6.18. The SMILES string of the molecule is N#C/C(=C\c1cc(Br)c(OCc2ccc(F)cc2)c(Br)c1)C(=O)Nc1ccc(O)cc1. The van der Waals surface area contributed by atoms with Crippen LogP contribution in [0.1, 0.15) is 11.1 Å². The fraction of sp³-hybridized carbons (Fsp3) is 0.0435. The van der Waals surface area contributed by atoms with Crippen molar-refractivity contribution in [2.24, 2.45) is 0 Å². The van der Waals surface area contributed by atoms with E-state index < -0.39 is 5.91 Å². The maximum Gasteiger partial charge on any atom is 0.266 e. The van der Waals surface area contributed by atoms with Crippen LogP contribution >= 0.6 is 31.9 Å². The molecule has 0 aliphatic heterocycles. The minimum Gasteiger partial charge on any atom is -0.508 e. The quantitative estimate of drug-likeness (QED) is 0.220. The Bertz CT molecular complexity index is 1150.